The van der Waals surface area contributed by atoms with Crippen LogP contribution in [-0.4, -0.2) is 10.3 Å². The monoisotopic (exact) mass is 431 g/mol. The Kier molecular flexibility index (Phi) is 4.86. The molecule has 1 amide bonds. The lowest BCUT2D eigenvalue weighted by molar-refractivity contribution is -0.113. The first-order valence-electron chi connectivity index (χ1n) is 3.86. The summed E-state index contributed by atoms with van der Waals surface area (Å²) in [5.41, 5.74) is 1.92. The van der Waals surface area contributed by atoms with Crippen molar-refractivity contribution < 1.29 is 4.79 Å². The Morgan fingerprint density at radius 3 is 2.36 bits per heavy atom. The number of aryl methyl sites for hydroxylation is 1. The predicted molar refractivity (Wildman–Crippen MR) is 74.1 cm³/mol. The Bertz CT molecular complexity index is 345. The fourth-order valence-electron chi connectivity index (χ4n) is 0.992. The van der Waals surface area contributed by atoms with Crippen LogP contribution in [0.1, 0.15) is 5.56 Å². The van der Waals surface area contributed by atoms with E-state index in [1.807, 2.05) is 41.6 Å². The Morgan fingerprint density at radius 2 is 1.93 bits per heavy atom. The molecule has 1 aromatic carbocycles. The third-order valence-electron chi connectivity index (χ3n) is 1.57. The fourth-order valence-corrected chi connectivity index (χ4v) is 2.80. The van der Waals surface area contributed by atoms with Gasteiger partial charge in [0.2, 0.25) is 5.91 Å². The van der Waals surface area contributed by atoms with Gasteiger partial charge in [-0.15, -0.1) is 0 Å². The first-order chi connectivity index (χ1) is 6.54. The Labute approximate surface area is 113 Å². The molecule has 2 nitrogen and oxygen atoms in total. The van der Waals surface area contributed by atoms with Crippen LogP contribution >= 0.6 is 54.5 Å². The molecule has 5 heteroatoms. The summed E-state index contributed by atoms with van der Waals surface area (Å²) in [7, 11) is 0. The Hall–Kier alpha value is 0.380. The average Bonchev–Trinajstić information content (AvgIpc) is 2.10. The zero-order valence-corrected chi connectivity index (χ0v) is 12.7. The van der Waals surface area contributed by atoms with Gasteiger partial charge in [0.05, 0.1) is 10.1 Å². The van der Waals surface area contributed by atoms with Crippen molar-refractivity contribution in [3.63, 3.8) is 0 Å². The molecule has 0 heterocycles. The van der Waals surface area contributed by atoms with Crippen LogP contribution in [0.25, 0.3) is 0 Å². The van der Waals surface area contributed by atoms with Gasteiger partial charge >= 0.3 is 0 Å². The Balaban J connectivity index is 3.02. The highest BCUT2D eigenvalue weighted by atomic mass is 127. The number of anilines is 1. The number of hydrogen-bond acceptors (Lipinski definition) is 1. The number of hydrogen-bond donors (Lipinski definition) is 1. The molecule has 0 aliphatic rings. The van der Waals surface area contributed by atoms with Crippen LogP contribution in [0, 0.1) is 6.92 Å². The van der Waals surface area contributed by atoms with Gasteiger partial charge in [-0.3, -0.25) is 4.79 Å². The highest BCUT2D eigenvalue weighted by Crippen LogP contribution is 2.32. The molecule has 1 aromatic rings. The van der Waals surface area contributed by atoms with Crippen molar-refractivity contribution in [1.82, 2.24) is 0 Å². The van der Waals surface area contributed by atoms with Crippen molar-refractivity contribution in [1.29, 1.82) is 0 Å². The van der Waals surface area contributed by atoms with Crippen molar-refractivity contribution in [3.8, 4) is 0 Å². The number of carbonyl (C=O) groups excluding carboxylic acids is 1. The second-order valence-corrected chi connectivity index (χ2v) is 5.26. The molecule has 76 valence electrons. The lowest BCUT2D eigenvalue weighted by Gasteiger charge is -2.09. The van der Waals surface area contributed by atoms with E-state index >= 15 is 0 Å². The van der Waals surface area contributed by atoms with Crippen LogP contribution in [0.15, 0.2) is 21.1 Å². The van der Waals surface area contributed by atoms with Gasteiger partial charge in [0, 0.05) is 8.95 Å². The highest BCUT2D eigenvalue weighted by Gasteiger charge is 2.08. The van der Waals surface area contributed by atoms with E-state index in [1.54, 1.807) is 0 Å². The largest absolute Gasteiger partial charge is 0.323 e. The van der Waals surface area contributed by atoms with E-state index < -0.39 is 0 Å². The summed E-state index contributed by atoms with van der Waals surface area (Å²) >= 11 is 8.84. The van der Waals surface area contributed by atoms with Gasteiger partial charge in [0.15, 0.2) is 0 Å². The highest BCUT2D eigenvalue weighted by molar-refractivity contribution is 14.1. The number of amides is 1. The molecule has 0 fully saturated rings. The topological polar surface area (TPSA) is 29.1 Å². The molecule has 0 unspecified atom stereocenters. The minimum Gasteiger partial charge on any atom is -0.323 e. The third-order valence-corrected chi connectivity index (χ3v) is 3.52. The van der Waals surface area contributed by atoms with Crippen LogP contribution in [0.3, 0.4) is 0 Å². The van der Waals surface area contributed by atoms with Crippen LogP contribution in [0.5, 0.6) is 0 Å². The van der Waals surface area contributed by atoms with Crippen molar-refractivity contribution in [2.75, 3.05) is 9.74 Å². The average molecular weight is 433 g/mol. The maximum absolute atomic E-state index is 11.2. The Morgan fingerprint density at radius 1 is 1.43 bits per heavy atom. The zero-order chi connectivity index (χ0) is 10.7. The van der Waals surface area contributed by atoms with E-state index in [2.05, 4.69) is 37.2 Å². The van der Waals surface area contributed by atoms with Gasteiger partial charge in [-0.1, -0.05) is 22.6 Å². The van der Waals surface area contributed by atoms with E-state index in [-0.39, 0.29) is 5.91 Å². The fraction of sp³-hybridized carbons (Fsp3) is 0.222. The standard InChI is InChI=1S/C9H8Br2INO/c1-5-2-6(10)9(7(11)3-5)13-8(14)4-12/h2-3H,4H2,1H3,(H,13,14). The first kappa shape index (κ1) is 12.4. The number of alkyl halides is 1. The molecular formula is C9H8Br2INO. The number of halogens is 3. The van der Waals surface area contributed by atoms with Crippen LogP contribution < -0.4 is 5.32 Å². The number of rotatable bonds is 2. The summed E-state index contributed by atoms with van der Waals surface area (Å²) in [6.07, 6.45) is 0. The molecule has 14 heavy (non-hydrogen) atoms. The van der Waals surface area contributed by atoms with Gasteiger partial charge in [-0.05, 0) is 56.5 Å². The van der Waals surface area contributed by atoms with Crippen molar-refractivity contribution in [2.24, 2.45) is 0 Å². The molecule has 0 radical (unpaired) electrons. The van der Waals surface area contributed by atoms with Gasteiger partial charge in [0.1, 0.15) is 0 Å². The normalized spacial score (nSPS) is 10.0. The second-order valence-electron chi connectivity index (χ2n) is 2.79. The molecule has 1 N–H and O–H groups in total. The van der Waals surface area contributed by atoms with E-state index in [1.165, 1.54) is 0 Å². The minimum absolute atomic E-state index is 0.00384. The third kappa shape index (κ3) is 3.20. The molecule has 0 aliphatic heterocycles. The molecule has 0 bridgehead atoms. The van der Waals surface area contributed by atoms with Gasteiger partial charge in [-0.25, -0.2) is 0 Å². The maximum atomic E-state index is 11.2. The van der Waals surface area contributed by atoms with Crippen molar-refractivity contribution in [2.45, 2.75) is 6.92 Å². The van der Waals surface area contributed by atoms with Crippen molar-refractivity contribution >= 4 is 66.0 Å². The molecule has 0 saturated carbocycles. The molecular weight excluding hydrogens is 425 g/mol. The van der Waals surface area contributed by atoms with Crippen LogP contribution in [0.2, 0.25) is 0 Å². The molecule has 1 rings (SSSR count). The van der Waals surface area contributed by atoms with Crippen LogP contribution in [0.4, 0.5) is 5.69 Å². The smallest absolute Gasteiger partial charge is 0.234 e. The summed E-state index contributed by atoms with van der Waals surface area (Å²) in [5.74, 6) is -0.00384. The lowest BCUT2D eigenvalue weighted by atomic mass is 10.2. The molecule has 0 aliphatic carbocycles. The van der Waals surface area contributed by atoms with Gasteiger partial charge < -0.3 is 5.32 Å². The van der Waals surface area contributed by atoms with Crippen LogP contribution in [-0.2, 0) is 4.79 Å². The summed E-state index contributed by atoms with van der Waals surface area (Å²) in [6, 6.07) is 3.93. The number of carbonyl (C=O) groups is 1. The zero-order valence-electron chi connectivity index (χ0n) is 7.40. The summed E-state index contributed by atoms with van der Waals surface area (Å²) in [5, 5.41) is 2.82. The SMILES string of the molecule is Cc1cc(Br)c(NC(=O)CI)c(Br)c1. The number of nitrogens with one attached hydrogen (secondary N) is 1. The minimum atomic E-state index is -0.00384. The second kappa shape index (κ2) is 5.46. The quantitative estimate of drug-likeness (QED) is 0.557. The number of benzene rings is 1. The van der Waals surface area contributed by atoms with Crippen molar-refractivity contribution in [3.05, 3.63) is 26.6 Å². The lowest BCUT2D eigenvalue weighted by Crippen LogP contribution is -2.13. The van der Waals surface area contributed by atoms with E-state index in [0.717, 1.165) is 20.2 Å². The summed E-state index contributed by atoms with van der Waals surface area (Å²) in [4.78, 5) is 11.2. The van der Waals surface area contributed by atoms with Gasteiger partial charge in [0.25, 0.3) is 0 Å². The molecule has 0 saturated heterocycles. The van der Waals surface area contributed by atoms with E-state index in [4.69, 9.17) is 0 Å². The van der Waals surface area contributed by atoms with Gasteiger partial charge in [-0.2, -0.15) is 0 Å². The molecule has 0 spiro atoms. The summed E-state index contributed by atoms with van der Waals surface area (Å²) in [6.45, 7) is 2.00. The molecule has 0 aromatic heterocycles. The maximum Gasteiger partial charge on any atom is 0.234 e. The summed E-state index contributed by atoms with van der Waals surface area (Å²) < 4.78 is 2.23. The predicted octanol–water partition coefficient (Wildman–Crippen LogP) is 3.89. The van der Waals surface area contributed by atoms with E-state index in [0.29, 0.717) is 4.43 Å². The first-order valence-corrected chi connectivity index (χ1v) is 6.97. The van der Waals surface area contributed by atoms with E-state index in [9.17, 15) is 4.79 Å². The molecule has 0 atom stereocenters.